The van der Waals surface area contributed by atoms with Gasteiger partial charge < -0.3 is 9.88 Å². The minimum atomic E-state index is -2.88. The summed E-state index contributed by atoms with van der Waals surface area (Å²) in [4.78, 5) is 0. The first-order valence-electron chi connectivity index (χ1n) is 6.41. The van der Waals surface area contributed by atoms with E-state index in [1.165, 1.54) is 22.9 Å². The number of para-hydroxylation sites is 1. The van der Waals surface area contributed by atoms with Crippen LogP contribution in [0.15, 0.2) is 30.3 Å². The van der Waals surface area contributed by atoms with Gasteiger partial charge in [0.15, 0.2) is 0 Å². The van der Waals surface area contributed by atoms with Gasteiger partial charge in [-0.1, -0.05) is 18.2 Å². The Morgan fingerprint density at radius 3 is 2.68 bits per heavy atom. The smallest absolute Gasteiger partial charge is 0.147 e. The average Bonchev–Trinajstić information content (AvgIpc) is 2.67. The normalized spacial score (nSPS) is 12.1. The summed E-state index contributed by atoms with van der Waals surface area (Å²) in [5.41, 5.74) is 2.36. The van der Waals surface area contributed by atoms with Gasteiger partial charge in [-0.25, -0.2) is 8.42 Å². The van der Waals surface area contributed by atoms with Gasteiger partial charge in [-0.3, -0.25) is 0 Å². The first-order chi connectivity index (χ1) is 9.01. The third-order valence-electron chi connectivity index (χ3n) is 3.15. The van der Waals surface area contributed by atoms with Crippen molar-refractivity contribution in [3.8, 4) is 0 Å². The third-order valence-corrected chi connectivity index (χ3v) is 4.18. The molecular weight excluding hydrogens is 260 g/mol. The molecule has 1 aromatic heterocycles. The van der Waals surface area contributed by atoms with Gasteiger partial charge >= 0.3 is 0 Å². The molecule has 0 fully saturated rings. The number of benzene rings is 1. The number of nitrogens with zero attached hydrogens (tertiary/aromatic N) is 1. The van der Waals surface area contributed by atoms with Crippen LogP contribution >= 0.6 is 0 Å². The summed E-state index contributed by atoms with van der Waals surface area (Å²) in [7, 11) is -0.970. The second-order valence-electron chi connectivity index (χ2n) is 4.86. The number of nitrogens with one attached hydrogen (secondary N) is 1. The quantitative estimate of drug-likeness (QED) is 0.878. The van der Waals surface area contributed by atoms with E-state index in [0.717, 1.165) is 13.1 Å². The molecule has 1 heterocycles. The van der Waals surface area contributed by atoms with Crippen LogP contribution in [0.3, 0.4) is 0 Å². The van der Waals surface area contributed by atoms with Gasteiger partial charge in [0, 0.05) is 30.6 Å². The topological polar surface area (TPSA) is 51.1 Å². The summed E-state index contributed by atoms with van der Waals surface area (Å²) in [6.07, 6.45) is 1.93. The first-order valence-corrected chi connectivity index (χ1v) is 8.47. The van der Waals surface area contributed by atoms with Crippen LogP contribution in [0.25, 0.3) is 10.9 Å². The molecule has 0 saturated carbocycles. The molecule has 2 aromatic rings. The summed E-state index contributed by atoms with van der Waals surface area (Å²) >= 11 is 0. The summed E-state index contributed by atoms with van der Waals surface area (Å²) in [5, 5.41) is 4.35. The number of fused-ring (bicyclic) bond motifs is 1. The van der Waals surface area contributed by atoms with Crippen molar-refractivity contribution >= 4 is 20.7 Å². The highest BCUT2D eigenvalue weighted by Gasteiger charge is 2.09. The highest BCUT2D eigenvalue weighted by atomic mass is 32.2. The van der Waals surface area contributed by atoms with Gasteiger partial charge in [0.2, 0.25) is 0 Å². The molecule has 0 spiro atoms. The Balaban J connectivity index is 2.26. The number of aryl methyl sites for hydroxylation is 1. The van der Waals surface area contributed by atoms with Crippen molar-refractivity contribution in [1.29, 1.82) is 0 Å². The second kappa shape index (κ2) is 5.75. The molecule has 4 nitrogen and oxygen atoms in total. The fraction of sp³-hybridized carbons (Fsp3) is 0.429. The molecule has 0 aliphatic heterocycles. The molecule has 0 aliphatic rings. The molecule has 0 saturated heterocycles. The Morgan fingerprint density at radius 1 is 1.26 bits per heavy atom. The van der Waals surface area contributed by atoms with E-state index >= 15 is 0 Å². The highest BCUT2D eigenvalue weighted by molar-refractivity contribution is 7.90. The Morgan fingerprint density at radius 2 is 2.00 bits per heavy atom. The lowest BCUT2D eigenvalue weighted by atomic mass is 10.2. The molecule has 0 amide bonds. The van der Waals surface area contributed by atoms with E-state index in [1.807, 2.05) is 19.2 Å². The van der Waals surface area contributed by atoms with Crippen LogP contribution < -0.4 is 5.32 Å². The molecule has 0 bridgehead atoms. The van der Waals surface area contributed by atoms with Crippen LogP contribution in [0.1, 0.15) is 12.1 Å². The van der Waals surface area contributed by atoms with Crippen LogP contribution in [0.2, 0.25) is 0 Å². The fourth-order valence-corrected chi connectivity index (χ4v) is 3.00. The van der Waals surface area contributed by atoms with E-state index < -0.39 is 9.84 Å². The van der Waals surface area contributed by atoms with Crippen molar-refractivity contribution in [3.05, 3.63) is 36.0 Å². The van der Waals surface area contributed by atoms with Crippen LogP contribution in [0.5, 0.6) is 0 Å². The minimum Gasteiger partial charge on any atom is -0.343 e. The number of rotatable bonds is 6. The summed E-state index contributed by atoms with van der Waals surface area (Å²) < 4.78 is 24.6. The molecule has 5 heteroatoms. The third kappa shape index (κ3) is 3.58. The van der Waals surface area contributed by atoms with Gasteiger partial charge in [-0.05, 0) is 31.0 Å². The Hall–Kier alpha value is -1.33. The van der Waals surface area contributed by atoms with Crippen LogP contribution in [-0.4, -0.2) is 32.0 Å². The van der Waals surface area contributed by atoms with E-state index in [4.69, 9.17) is 0 Å². The van der Waals surface area contributed by atoms with Gasteiger partial charge in [-0.15, -0.1) is 0 Å². The van der Waals surface area contributed by atoms with Crippen molar-refractivity contribution in [2.24, 2.45) is 0 Å². The van der Waals surface area contributed by atoms with Gasteiger partial charge in [0.05, 0.1) is 5.75 Å². The second-order valence-corrected chi connectivity index (χ2v) is 7.12. The molecule has 1 N–H and O–H groups in total. The predicted octanol–water partition coefficient (Wildman–Crippen LogP) is 1.80. The number of hydrogen-bond donors (Lipinski definition) is 1. The first kappa shape index (κ1) is 14.1. The lowest BCUT2D eigenvalue weighted by molar-refractivity contribution is 0.589. The maximum atomic E-state index is 11.2. The van der Waals surface area contributed by atoms with E-state index in [2.05, 4.69) is 28.1 Å². The van der Waals surface area contributed by atoms with Crippen molar-refractivity contribution in [1.82, 2.24) is 9.88 Å². The fourth-order valence-electron chi connectivity index (χ4n) is 2.34. The zero-order chi connectivity index (χ0) is 13.9. The summed E-state index contributed by atoms with van der Waals surface area (Å²) in [6.45, 7) is 1.52. The maximum absolute atomic E-state index is 11.2. The monoisotopic (exact) mass is 280 g/mol. The molecule has 0 radical (unpaired) electrons. The predicted molar refractivity (Wildman–Crippen MR) is 79.0 cm³/mol. The largest absolute Gasteiger partial charge is 0.343 e. The zero-order valence-electron chi connectivity index (χ0n) is 11.4. The lowest BCUT2D eigenvalue weighted by Crippen LogP contribution is -2.13. The van der Waals surface area contributed by atoms with Crippen molar-refractivity contribution in [3.63, 3.8) is 0 Å². The lowest BCUT2D eigenvalue weighted by Gasteiger charge is -2.10. The SMILES string of the molecule is CNCc1cc2ccccc2n1CCCS(C)(=O)=O. The van der Waals surface area contributed by atoms with Crippen LogP contribution in [0.4, 0.5) is 0 Å². The highest BCUT2D eigenvalue weighted by Crippen LogP contribution is 2.20. The molecule has 104 valence electrons. The van der Waals surface area contributed by atoms with Crippen LogP contribution in [0, 0.1) is 0 Å². The molecule has 0 atom stereocenters. The molecule has 0 aliphatic carbocycles. The Labute approximate surface area is 114 Å². The van der Waals surface area contributed by atoms with Crippen molar-refractivity contribution < 1.29 is 8.42 Å². The average molecular weight is 280 g/mol. The van der Waals surface area contributed by atoms with Crippen LogP contribution in [-0.2, 0) is 22.9 Å². The maximum Gasteiger partial charge on any atom is 0.147 e. The summed E-state index contributed by atoms with van der Waals surface area (Å²) in [6, 6.07) is 10.4. The standard InChI is InChI=1S/C14H20N2O2S/c1-15-11-13-10-12-6-3-4-7-14(12)16(13)8-5-9-19(2,17)18/h3-4,6-7,10,15H,5,8-9,11H2,1-2H3. The van der Waals surface area contributed by atoms with E-state index in [9.17, 15) is 8.42 Å². The molecule has 0 unspecified atom stereocenters. The number of sulfone groups is 1. The molecule has 1 aromatic carbocycles. The Kier molecular flexibility index (Phi) is 4.27. The summed E-state index contributed by atoms with van der Waals surface area (Å²) in [5.74, 6) is 0.235. The number of hydrogen-bond acceptors (Lipinski definition) is 3. The van der Waals surface area contributed by atoms with E-state index in [-0.39, 0.29) is 5.75 Å². The zero-order valence-corrected chi connectivity index (χ0v) is 12.2. The molecular formula is C14H20N2O2S. The van der Waals surface area contributed by atoms with Crippen molar-refractivity contribution in [2.45, 2.75) is 19.5 Å². The van der Waals surface area contributed by atoms with Crippen molar-refractivity contribution in [2.75, 3.05) is 19.1 Å². The Bertz CT molecular complexity index is 659. The van der Waals surface area contributed by atoms with E-state index in [0.29, 0.717) is 6.42 Å². The minimum absolute atomic E-state index is 0.235. The molecule has 2 rings (SSSR count). The van der Waals surface area contributed by atoms with Gasteiger partial charge in [0.1, 0.15) is 9.84 Å². The molecule has 19 heavy (non-hydrogen) atoms. The van der Waals surface area contributed by atoms with Gasteiger partial charge in [0.25, 0.3) is 0 Å². The van der Waals surface area contributed by atoms with Gasteiger partial charge in [-0.2, -0.15) is 0 Å². The van der Waals surface area contributed by atoms with E-state index in [1.54, 1.807) is 0 Å². The number of aromatic nitrogens is 1.